The first-order valence-electron chi connectivity index (χ1n) is 8.54. The Morgan fingerprint density at radius 2 is 1.64 bits per heavy atom. The molecule has 0 bridgehead atoms. The molecule has 3 nitrogen and oxygen atoms in total. The van der Waals surface area contributed by atoms with Crippen molar-refractivity contribution in [3.05, 3.63) is 89.5 Å². The van der Waals surface area contributed by atoms with Crippen LogP contribution in [0.15, 0.2) is 72.8 Å². The first-order valence-corrected chi connectivity index (χ1v) is 8.54. The molecule has 0 aliphatic rings. The van der Waals surface area contributed by atoms with Gasteiger partial charge in [-0.25, -0.2) is 0 Å². The molecule has 3 aromatic rings. The van der Waals surface area contributed by atoms with Gasteiger partial charge < -0.3 is 4.90 Å². The normalized spacial score (nSPS) is 11.3. The van der Waals surface area contributed by atoms with Gasteiger partial charge in [-0.3, -0.25) is 9.90 Å². The van der Waals surface area contributed by atoms with Gasteiger partial charge in [0.15, 0.2) is 5.75 Å². The van der Waals surface area contributed by atoms with Gasteiger partial charge in [0.25, 0.3) is 5.91 Å². The zero-order chi connectivity index (χ0) is 20.3. The molecule has 0 aromatic heterocycles. The van der Waals surface area contributed by atoms with E-state index in [1.165, 1.54) is 4.90 Å². The number of alkyl halides is 3. The fourth-order valence-electron chi connectivity index (χ4n) is 2.92. The van der Waals surface area contributed by atoms with E-state index in [9.17, 15) is 23.1 Å². The molecule has 0 spiro atoms. The highest BCUT2D eigenvalue weighted by atomic mass is 19.4. The second-order valence-corrected chi connectivity index (χ2v) is 6.44. The lowest BCUT2D eigenvalue weighted by molar-refractivity contribution is -0.137. The molecular formula is C22H17F3NO2. The van der Waals surface area contributed by atoms with Crippen LogP contribution >= 0.6 is 0 Å². The van der Waals surface area contributed by atoms with Crippen LogP contribution in [0.3, 0.4) is 0 Å². The number of nitrogens with zero attached hydrogens (tertiary/aromatic N) is 1. The predicted octanol–water partition coefficient (Wildman–Crippen LogP) is 5.79. The number of hydrogen-bond donors (Lipinski definition) is 0. The van der Waals surface area contributed by atoms with Gasteiger partial charge in [0.2, 0.25) is 0 Å². The molecular weight excluding hydrogens is 367 g/mol. The number of carbonyl (C=O) groups excluding carboxylic acids is 1. The molecule has 0 aliphatic carbocycles. The number of rotatable bonds is 4. The van der Waals surface area contributed by atoms with Crippen molar-refractivity contribution in [3.63, 3.8) is 0 Å². The largest absolute Gasteiger partial charge is 0.416 e. The molecule has 3 aromatic carbocycles. The highest BCUT2D eigenvalue weighted by Gasteiger charge is 2.31. The summed E-state index contributed by atoms with van der Waals surface area (Å²) in [5.41, 5.74) is 0.744. The SMILES string of the molecule is CN(Cc1cccc(-c2cc(C(F)(F)F)ccc2[O])c1)C(=O)c1ccccc1. The second kappa shape index (κ2) is 7.76. The van der Waals surface area contributed by atoms with E-state index in [1.807, 2.05) is 6.07 Å². The summed E-state index contributed by atoms with van der Waals surface area (Å²) in [6.45, 7) is 0.259. The number of amides is 1. The number of carbonyl (C=O) groups is 1. The van der Waals surface area contributed by atoms with E-state index in [1.54, 1.807) is 55.6 Å². The Bertz CT molecular complexity index is 985. The van der Waals surface area contributed by atoms with Crippen LogP contribution in [0.5, 0.6) is 5.75 Å². The predicted molar refractivity (Wildman–Crippen MR) is 99.3 cm³/mol. The Morgan fingerprint density at radius 3 is 2.32 bits per heavy atom. The molecule has 0 heterocycles. The highest BCUT2D eigenvalue weighted by molar-refractivity contribution is 5.94. The van der Waals surface area contributed by atoms with Crippen LogP contribution in [0.1, 0.15) is 21.5 Å². The summed E-state index contributed by atoms with van der Waals surface area (Å²) < 4.78 is 38.9. The van der Waals surface area contributed by atoms with Gasteiger partial charge in [-0.1, -0.05) is 36.4 Å². The van der Waals surface area contributed by atoms with Crippen molar-refractivity contribution in [2.45, 2.75) is 12.7 Å². The highest BCUT2D eigenvalue weighted by Crippen LogP contribution is 2.37. The fraction of sp³-hybridized carbons (Fsp3) is 0.136. The molecule has 0 saturated heterocycles. The summed E-state index contributed by atoms with van der Waals surface area (Å²) in [5, 5.41) is 12.1. The van der Waals surface area contributed by atoms with Crippen molar-refractivity contribution < 1.29 is 23.1 Å². The van der Waals surface area contributed by atoms with Crippen molar-refractivity contribution in [3.8, 4) is 16.9 Å². The van der Waals surface area contributed by atoms with Gasteiger partial charge in [-0.15, -0.1) is 0 Å². The van der Waals surface area contributed by atoms with Crippen LogP contribution < -0.4 is 0 Å². The first kappa shape index (κ1) is 19.5. The molecule has 0 fully saturated rings. The number of hydrogen-bond acceptors (Lipinski definition) is 1. The third-order valence-corrected chi connectivity index (χ3v) is 4.33. The average molecular weight is 384 g/mol. The van der Waals surface area contributed by atoms with Gasteiger partial charge in [0.05, 0.1) is 5.56 Å². The summed E-state index contributed by atoms with van der Waals surface area (Å²) in [7, 11) is 1.64. The Balaban J connectivity index is 1.86. The molecule has 3 rings (SSSR count). The average Bonchev–Trinajstić information content (AvgIpc) is 2.67. The molecule has 0 atom stereocenters. The molecule has 0 aliphatic heterocycles. The monoisotopic (exact) mass is 384 g/mol. The fourth-order valence-corrected chi connectivity index (χ4v) is 2.92. The smallest absolute Gasteiger partial charge is 0.337 e. The molecule has 1 radical (unpaired) electrons. The third kappa shape index (κ3) is 4.34. The van der Waals surface area contributed by atoms with Crippen LogP contribution in [0.25, 0.3) is 11.1 Å². The van der Waals surface area contributed by atoms with E-state index in [0.29, 0.717) is 16.7 Å². The number of benzene rings is 3. The van der Waals surface area contributed by atoms with Crippen LogP contribution in [-0.4, -0.2) is 17.9 Å². The summed E-state index contributed by atoms with van der Waals surface area (Å²) in [5.74, 6) is -0.659. The minimum atomic E-state index is -4.53. The van der Waals surface area contributed by atoms with Crippen LogP contribution in [0.2, 0.25) is 0 Å². The Labute approximate surface area is 160 Å². The number of halogens is 3. The van der Waals surface area contributed by atoms with Crippen molar-refractivity contribution in [1.82, 2.24) is 4.90 Å². The van der Waals surface area contributed by atoms with E-state index < -0.39 is 17.5 Å². The third-order valence-electron chi connectivity index (χ3n) is 4.33. The lowest BCUT2D eigenvalue weighted by Gasteiger charge is -2.18. The van der Waals surface area contributed by atoms with Crippen LogP contribution in [0, 0.1) is 0 Å². The molecule has 0 N–H and O–H groups in total. The Hall–Kier alpha value is -3.28. The Kier molecular flexibility index (Phi) is 5.40. The van der Waals surface area contributed by atoms with E-state index in [2.05, 4.69) is 0 Å². The van der Waals surface area contributed by atoms with Crippen molar-refractivity contribution in [1.29, 1.82) is 0 Å². The quantitative estimate of drug-likeness (QED) is 0.561. The molecule has 0 saturated carbocycles. The topological polar surface area (TPSA) is 40.2 Å². The molecule has 0 unspecified atom stereocenters. The Morgan fingerprint density at radius 1 is 0.929 bits per heavy atom. The van der Waals surface area contributed by atoms with Crippen molar-refractivity contribution in [2.24, 2.45) is 0 Å². The molecule has 6 heteroatoms. The standard InChI is InChI=1S/C22H17F3NO2/c1-26(21(28)16-7-3-2-4-8-16)14-15-6-5-9-17(12-15)19-13-18(22(23,24)25)10-11-20(19)27/h2-13H,14H2,1H3. The van der Waals surface area contributed by atoms with Crippen molar-refractivity contribution in [2.75, 3.05) is 7.05 Å². The summed E-state index contributed by atoms with van der Waals surface area (Å²) in [6, 6.07) is 18.0. The lowest BCUT2D eigenvalue weighted by atomic mass is 9.99. The maximum atomic E-state index is 13.0. The molecule has 28 heavy (non-hydrogen) atoms. The summed E-state index contributed by atoms with van der Waals surface area (Å²) in [6.07, 6.45) is -4.53. The van der Waals surface area contributed by atoms with Gasteiger partial charge in [-0.2, -0.15) is 13.2 Å². The second-order valence-electron chi connectivity index (χ2n) is 6.44. The zero-order valence-electron chi connectivity index (χ0n) is 15.0. The lowest BCUT2D eigenvalue weighted by Crippen LogP contribution is -2.26. The van der Waals surface area contributed by atoms with Gasteiger partial charge in [-0.05, 0) is 47.5 Å². The minimum Gasteiger partial charge on any atom is -0.337 e. The summed E-state index contributed by atoms with van der Waals surface area (Å²) in [4.78, 5) is 14.0. The van der Waals surface area contributed by atoms with Gasteiger partial charge in [0.1, 0.15) is 0 Å². The maximum Gasteiger partial charge on any atom is 0.416 e. The van der Waals surface area contributed by atoms with E-state index >= 15 is 0 Å². The van der Waals surface area contributed by atoms with E-state index in [4.69, 9.17) is 0 Å². The first-order chi connectivity index (χ1) is 13.3. The van der Waals surface area contributed by atoms with E-state index in [0.717, 1.165) is 18.2 Å². The minimum absolute atomic E-state index is 0.0197. The zero-order valence-corrected chi connectivity index (χ0v) is 15.0. The van der Waals surface area contributed by atoms with Gasteiger partial charge in [0, 0.05) is 24.7 Å². The van der Waals surface area contributed by atoms with E-state index in [-0.39, 0.29) is 18.0 Å². The maximum absolute atomic E-state index is 13.0. The van der Waals surface area contributed by atoms with Crippen LogP contribution in [-0.2, 0) is 17.8 Å². The molecule has 143 valence electrons. The van der Waals surface area contributed by atoms with Gasteiger partial charge >= 0.3 is 6.18 Å². The van der Waals surface area contributed by atoms with Crippen molar-refractivity contribution >= 4 is 5.91 Å². The molecule has 1 amide bonds. The summed E-state index contributed by atoms with van der Waals surface area (Å²) >= 11 is 0. The van der Waals surface area contributed by atoms with Crippen LogP contribution in [0.4, 0.5) is 13.2 Å².